The first kappa shape index (κ1) is 14.4. The van der Waals surface area contributed by atoms with E-state index in [0.29, 0.717) is 52.8 Å². The molecule has 1 heterocycles. The maximum absolute atomic E-state index is 12.4. The van der Waals surface area contributed by atoms with E-state index in [4.69, 9.17) is 4.42 Å². The molecule has 0 spiro atoms. The van der Waals surface area contributed by atoms with Crippen LogP contribution in [-0.2, 0) is 12.0 Å². The van der Waals surface area contributed by atoms with E-state index in [9.17, 15) is 19.8 Å². The summed E-state index contributed by atoms with van der Waals surface area (Å²) in [5.74, 6) is -0.689. The van der Waals surface area contributed by atoms with Crippen LogP contribution in [0.3, 0.4) is 0 Å². The Morgan fingerprint density at radius 1 is 1.22 bits per heavy atom. The van der Waals surface area contributed by atoms with Crippen molar-refractivity contribution in [2.24, 2.45) is 0 Å². The van der Waals surface area contributed by atoms with Crippen LogP contribution in [0.15, 0.2) is 22.8 Å². The van der Waals surface area contributed by atoms with Crippen LogP contribution in [0.2, 0.25) is 0 Å². The summed E-state index contributed by atoms with van der Waals surface area (Å²) < 4.78 is 5.58. The number of aryl methyl sites for hydroxylation is 1. The summed E-state index contributed by atoms with van der Waals surface area (Å²) in [6.07, 6.45) is 3.30. The Bertz CT molecular complexity index is 861. The number of hydrogen-bond donors (Lipinski definition) is 2. The fourth-order valence-corrected chi connectivity index (χ4v) is 3.79. The standard InChI is InChI=1S/C18H16O5/c1-9-7-23-17-13(9)16(21)15(20)11-4-5-12-10(14(11)17)3-2-6-18(12,22)8-19/h4-5,7,19,22H,2-3,6,8H2,1H3/t18-/m0/s1. The maximum atomic E-state index is 12.4. The molecule has 4 rings (SSSR count). The van der Waals surface area contributed by atoms with Crippen molar-refractivity contribution >= 4 is 11.6 Å². The smallest absolute Gasteiger partial charge is 0.237 e. The Kier molecular flexibility index (Phi) is 2.89. The highest BCUT2D eigenvalue weighted by molar-refractivity contribution is 6.53. The minimum absolute atomic E-state index is 0.314. The molecular weight excluding hydrogens is 296 g/mol. The zero-order valence-electron chi connectivity index (χ0n) is 12.7. The van der Waals surface area contributed by atoms with Gasteiger partial charge in [-0.1, -0.05) is 6.07 Å². The van der Waals surface area contributed by atoms with Gasteiger partial charge >= 0.3 is 0 Å². The Morgan fingerprint density at radius 3 is 2.74 bits per heavy atom. The molecule has 0 fully saturated rings. The Morgan fingerprint density at radius 2 is 2.00 bits per heavy atom. The Hall–Kier alpha value is -2.24. The van der Waals surface area contributed by atoms with Crippen LogP contribution in [-0.4, -0.2) is 28.4 Å². The molecule has 118 valence electrons. The van der Waals surface area contributed by atoms with Gasteiger partial charge in [-0.05, 0) is 48.9 Å². The quantitative estimate of drug-likeness (QED) is 0.788. The number of rotatable bonds is 1. The van der Waals surface area contributed by atoms with Gasteiger partial charge in [0.05, 0.1) is 18.4 Å². The summed E-state index contributed by atoms with van der Waals surface area (Å²) >= 11 is 0. The van der Waals surface area contributed by atoms with Crippen molar-refractivity contribution in [1.29, 1.82) is 0 Å². The summed E-state index contributed by atoms with van der Waals surface area (Å²) in [6, 6.07) is 3.21. The van der Waals surface area contributed by atoms with E-state index in [2.05, 4.69) is 0 Å². The van der Waals surface area contributed by atoms with Gasteiger partial charge in [0.2, 0.25) is 11.6 Å². The number of carbonyl (C=O) groups is 2. The zero-order chi connectivity index (χ0) is 16.4. The SMILES string of the molecule is Cc1coc2c1C(=O)C(=O)c1ccc3c(c1-2)CCC[C@]3(O)CO. The molecule has 2 aliphatic carbocycles. The zero-order valence-corrected chi connectivity index (χ0v) is 12.7. The minimum atomic E-state index is -1.31. The van der Waals surface area contributed by atoms with Gasteiger partial charge in [-0.3, -0.25) is 9.59 Å². The first-order chi connectivity index (χ1) is 11.0. The molecule has 0 amide bonds. The summed E-state index contributed by atoms with van der Waals surface area (Å²) in [4.78, 5) is 24.8. The predicted molar refractivity (Wildman–Crippen MR) is 81.5 cm³/mol. The molecule has 5 nitrogen and oxygen atoms in total. The van der Waals surface area contributed by atoms with Gasteiger partial charge in [-0.25, -0.2) is 0 Å². The fourth-order valence-electron chi connectivity index (χ4n) is 3.79. The van der Waals surface area contributed by atoms with Gasteiger partial charge in [0, 0.05) is 11.1 Å². The lowest BCUT2D eigenvalue weighted by Crippen LogP contribution is -2.35. The molecule has 1 aromatic carbocycles. The Labute approximate surface area is 132 Å². The number of benzene rings is 1. The lowest BCUT2D eigenvalue weighted by molar-refractivity contribution is -0.0326. The van der Waals surface area contributed by atoms with Crippen molar-refractivity contribution in [2.45, 2.75) is 31.8 Å². The first-order valence-corrected chi connectivity index (χ1v) is 7.65. The Balaban J connectivity index is 2.07. The maximum Gasteiger partial charge on any atom is 0.237 e. The molecule has 23 heavy (non-hydrogen) atoms. The third-order valence-corrected chi connectivity index (χ3v) is 4.97. The third kappa shape index (κ3) is 1.75. The molecule has 2 aromatic rings. The first-order valence-electron chi connectivity index (χ1n) is 7.65. The molecule has 0 radical (unpaired) electrons. The van der Waals surface area contributed by atoms with E-state index in [1.807, 2.05) is 0 Å². The lowest BCUT2D eigenvalue weighted by atomic mass is 9.73. The number of ketones is 2. The van der Waals surface area contributed by atoms with Crippen LogP contribution >= 0.6 is 0 Å². The van der Waals surface area contributed by atoms with Gasteiger partial charge in [0.1, 0.15) is 11.4 Å². The molecule has 0 unspecified atom stereocenters. The van der Waals surface area contributed by atoms with Gasteiger partial charge in [-0.2, -0.15) is 0 Å². The van der Waals surface area contributed by atoms with E-state index in [1.165, 1.54) is 6.26 Å². The van der Waals surface area contributed by atoms with Gasteiger partial charge in [-0.15, -0.1) is 0 Å². The number of carbonyl (C=O) groups excluding carboxylic acids is 2. The lowest BCUT2D eigenvalue weighted by Gasteiger charge is -2.35. The monoisotopic (exact) mass is 312 g/mol. The summed E-state index contributed by atoms with van der Waals surface area (Å²) in [6.45, 7) is 1.35. The number of hydrogen-bond acceptors (Lipinski definition) is 5. The second-order valence-corrected chi connectivity index (χ2v) is 6.34. The molecule has 1 aromatic heterocycles. The van der Waals surface area contributed by atoms with Gasteiger partial charge in [0.25, 0.3) is 0 Å². The summed E-state index contributed by atoms with van der Waals surface area (Å²) in [5, 5.41) is 20.3. The van der Waals surface area contributed by atoms with Crippen LogP contribution < -0.4 is 0 Å². The van der Waals surface area contributed by atoms with Crippen molar-refractivity contribution < 1.29 is 24.2 Å². The van der Waals surface area contributed by atoms with Crippen molar-refractivity contribution in [3.8, 4) is 11.3 Å². The fraction of sp³-hybridized carbons (Fsp3) is 0.333. The number of furan rings is 1. The number of fused-ring (bicyclic) bond motifs is 5. The predicted octanol–water partition coefficient (Wildman–Crippen LogP) is 2.15. The number of aliphatic hydroxyl groups excluding tert-OH is 1. The van der Waals surface area contributed by atoms with Crippen LogP contribution in [0.25, 0.3) is 11.3 Å². The second kappa shape index (κ2) is 4.63. The highest BCUT2D eigenvalue weighted by Gasteiger charge is 2.41. The summed E-state index contributed by atoms with van der Waals surface area (Å²) in [7, 11) is 0. The molecule has 0 saturated carbocycles. The molecule has 0 aliphatic heterocycles. The van der Waals surface area contributed by atoms with E-state index in [1.54, 1.807) is 19.1 Å². The third-order valence-electron chi connectivity index (χ3n) is 4.97. The second-order valence-electron chi connectivity index (χ2n) is 6.34. The number of aliphatic hydroxyl groups is 2. The highest BCUT2D eigenvalue weighted by Crippen LogP contribution is 2.45. The number of Topliss-reactive ketones (excluding diaryl/α,β-unsaturated/α-hetero) is 2. The molecule has 0 bridgehead atoms. The molecule has 1 atom stereocenters. The normalized spacial score (nSPS) is 22.6. The minimum Gasteiger partial charge on any atom is -0.463 e. The summed E-state index contributed by atoms with van der Waals surface area (Å²) in [5.41, 5.74) is 1.96. The van der Waals surface area contributed by atoms with E-state index >= 15 is 0 Å². The van der Waals surface area contributed by atoms with Gasteiger partial charge in [0.15, 0.2) is 0 Å². The molecule has 0 saturated heterocycles. The van der Waals surface area contributed by atoms with Crippen molar-refractivity contribution in [3.05, 3.63) is 46.2 Å². The van der Waals surface area contributed by atoms with Gasteiger partial charge < -0.3 is 14.6 Å². The van der Waals surface area contributed by atoms with Crippen LogP contribution in [0.5, 0.6) is 0 Å². The van der Waals surface area contributed by atoms with E-state index in [0.717, 1.165) is 5.56 Å². The van der Waals surface area contributed by atoms with Crippen molar-refractivity contribution in [3.63, 3.8) is 0 Å². The van der Waals surface area contributed by atoms with Crippen LogP contribution in [0, 0.1) is 6.92 Å². The molecule has 2 N–H and O–H groups in total. The van der Waals surface area contributed by atoms with E-state index < -0.39 is 17.2 Å². The molecular formula is C18H16O5. The molecule has 2 aliphatic rings. The van der Waals surface area contributed by atoms with E-state index in [-0.39, 0.29) is 6.61 Å². The van der Waals surface area contributed by atoms with Crippen molar-refractivity contribution in [1.82, 2.24) is 0 Å². The van der Waals surface area contributed by atoms with Crippen LogP contribution in [0.4, 0.5) is 0 Å². The average Bonchev–Trinajstić information content (AvgIpc) is 2.94. The van der Waals surface area contributed by atoms with Crippen molar-refractivity contribution in [2.75, 3.05) is 6.61 Å². The molecule has 5 heteroatoms. The largest absolute Gasteiger partial charge is 0.463 e. The van der Waals surface area contributed by atoms with Crippen LogP contribution in [0.1, 0.15) is 50.2 Å². The highest BCUT2D eigenvalue weighted by atomic mass is 16.3. The topological polar surface area (TPSA) is 87.7 Å². The average molecular weight is 312 g/mol.